The molecule has 1 aromatic carbocycles. The molecule has 0 aliphatic carbocycles. The predicted octanol–water partition coefficient (Wildman–Crippen LogP) is 4.95. The molecule has 0 atom stereocenters. The van der Waals surface area contributed by atoms with Crippen molar-refractivity contribution in [3.05, 3.63) is 59.8 Å². The van der Waals surface area contributed by atoms with Crippen molar-refractivity contribution >= 4 is 35.0 Å². The second kappa shape index (κ2) is 12.3. The SMILES string of the molecule is CCN(CC)c1ccc(C(=O)Nc2ccnc(N(C)C)c2)c(SCc2ccc(OC)cc2OC)n1. The number of hydrogen-bond donors (Lipinski definition) is 1. The zero-order valence-electron chi connectivity index (χ0n) is 21.2. The number of nitrogens with zero attached hydrogens (tertiary/aromatic N) is 4. The molecule has 2 heterocycles. The molecule has 0 aliphatic rings. The number of hydrogen-bond acceptors (Lipinski definition) is 8. The van der Waals surface area contributed by atoms with Crippen LogP contribution in [0.25, 0.3) is 0 Å². The lowest BCUT2D eigenvalue weighted by atomic mass is 10.2. The number of ether oxygens (including phenoxy) is 2. The van der Waals surface area contributed by atoms with Crippen LogP contribution < -0.4 is 24.6 Å². The summed E-state index contributed by atoms with van der Waals surface area (Å²) in [6, 6.07) is 13.1. The number of amides is 1. The summed E-state index contributed by atoms with van der Waals surface area (Å²) in [6.45, 7) is 5.84. The van der Waals surface area contributed by atoms with Gasteiger partial charge in [0.1, 0.15) is 28.2 Å². The first-order chi connectivity index (χ1) is 16.9. The first-order valence-corrected chi connectivity index (χ1v) is 12.4. The van der Waals surface area contributed by atoms with Crippen molar-refractivity contribution in [1.29, 1.82) is 0 Å². The fraction of sp³-hybridized carbons (Fsp3) is 0.346. The quantitative estimate of drug-likeness (QED) is 0.374. The van der Waals surface area contributed by atoms with Crippen LogP contribution in [0.2, 0.25) is 0 Å². The first kappa shape index (κ1) is 26.2. The van der Waals surface area contributed by atoms with E-state index in [1.165, 1.54) is 11.8 Å². The number of aromatic nitrogens is 2. The van der Waals surface area contributed by atoms with Crippen LogP contribution in [0, 0.1) is 0 Å². The predicted molar refractivity (Wildman–Crippen MR) is 143 cm³/mol. The number of rotatable bonds is 11. The monoisotopic (exact) mass is 495 g/mol. The van der Waals surface area contributed by atoms with Crippen LogP contribution in [0.1, 0.15) is 29.8 Å². The molecule has 0 aliphatic heterocycles. The van der Waals surface area contributed by atoms with Crippen molar-refractivity contribution < 1.29 is 14.3 Å². The molecule has 0 fully saturated rings. The summed E-state index contributed by atoms with van der Waals surface area (Å²) in [6.07, 6.45) is 1.68. The van der Waals surface area contributed by atoms with E-state index in [0.29, 0.717) is 22.0 Å². The van der Waals surface area contributed by atoms with Gasteiger partial charge in [-0.1, -0.05) is 6.07 Å². The summed E-state index contributed by atoms with van der Waals surface area (Å²) in [7, 11) is 7.08. The Bertz CT molecular complexity index is 1150. The molecule has 1 N–H and O–H groups in total. The van der Waals surface area contributed by atoms with Gasteiger partial charge >= 0.3 is 0 Å². The minimum atomic E-state index is -0.219. The van der Waals surface area contributed by atoms with Crippen molar-refractivity contribution in [1.82, 2.24) is 9.97 Å². The van der Waals surface area contributed by atoms with Gasteiger partial charge in [-0.3, -0.25) is 4.79 Å². The van der Waals surface area contributed by atoms with E-state index >= 15 is 0 Å². The fourth-order valence-corrected chi connectivity index (χ4v) is 4.50. The van der Waals surface area contributed by atoms with E-state index in [9.17, 15) is 4.79 Å². The van der Waals surface area contributed by atoms with E-state index in [1.54, 1.807) is 26.5 Å². The van der Waals surface area contributed by atoms with Crippen LogP contribution in [-0.4, -0.2) is 57.3 Å². The molecule has 2 aromatic heterocycles. The number of benzene rings is 1. The molecule has 0 bridgehead atoms. The fourth-order valence-electron chi connectivity index (χ4n) is 3.49. The Morgan fingerprint density at radius 2 is 1.77 bits per heavy atom. The molecule has 0 spiro atoms. The van der Waals surface area contributed by atoms with E-state index in [4.69, 9.17) is 14.5 Å². The molecule has 35 heavy (non-hydrogen) atoms. The van der Waals surface area contributed by atoms with E-state index < -0.39 is 0 Å². The second-order valence-electron chi connectivity index (χ2n) is 7.91. The van der Waals surface area contributed by atoms with E-state index in [1.807, 2.05) is 55.4 Å². The summed E-state index contributed by atoms with van der Waals surface area (Å²) in [5, 5.41) is 3.65. The largest absolute Gasteiger partial charge is 0.497 e. The maximum atomic E-state index is 13.3. The zero-order chi connectivity index (χ0) is 25.4. The van der Waals surface area contributed by atoms with Gasteiger partial charge in [-0.25, -0.2) is 9.97 Å². The zero-order valence-corrected chi connectivity index (χ0v) is 22.0. The Balaban J connectivity index is 1.91. The number of carbonyl (C=O) groups excluding carboxylic acids is 1. The number of carbonyl (C=O) groups is 1. The van der Waals surface area contributed by atoms with Gasteiger partial charge in [0.25, 0.3) is 5.91 Å². The van der Waals surface area contributed by atoms with Crippen molar-refractivity contribution in [2.24, 2.45) is 0 Å². The lowest BCUT2D eigenvalue weighted by Crippen LogP contribution is -2.24. The molecule has 0 unspecified atom stereocenters. The summed E-state index contributed by atoms with van der Waals surface area (Å²) in [4.78, 5) is 26.5. The molecular formula is C26H33N5O3S. The molecule has 0 saturated carbocycles. The maximum absolute atomic E-state index is 13.3. The van der Waals surface area contributed by atoms with Gasteiger partial charge < -0.3 is 24.6 Å². The van der Waals surface area contributed by atoms with Gasteiger partial charge in [-0.2, -0.15) is 0 Å². The van der Waals surface area contributed by atoms with Crippen LogP contribution in [0.15, 0.2) is 53.7 Å². The minimum absolute atomic E-state index is 0.219. The van der Waals surface area contributed by atoms with Crippen LogP contribution in [0.5, 0.6) is 11.5 Å². The Kier molecular flexibility index (Phi) is 9.19. The van der Waals surface area contributed by atoms with Gasteiger partial charge in [-0.05, 0) is 38.1 Å². The minimum Gasteiger partial charge on any atom is -0.497 e. The number of thioether (sulfide) groups is 1. The van der Waals surface area contributed by atoms with Gasteiger partial charge in [0.05, 0.1) is 19.8 Å². The number of nitrogens with one attached hydrogen (secondary N) is 1. The van der Waals surface area contributed by atoms with E-state index in [-0.39, 0.29) is 5.91 Å². The standard InChI is InChI=1S/C26H33N5O3S/c1-7-31(8-2)23-12-11-21(25(32)28-19-13-14-27-24(15-19)30(3)4)26(29-23)35-17-18-9-10-20(33-5)16-22(18)34-6/h9-16H,7-8,17H2,1-6H3,(H,27,28,32). The molecule has 3 rings (SSSR count). The average molecular weight is 496 g/mol. The molecule has 0 saturated heterocycles. The van der Waals surface area contributed by atoms with Crippen molar-refractivity contribution in [2.45, 2.75) is 24.6 Å². The Labute approximate surface area is 211 Å². The molecule has 186 valence electrons. The summed E-state index contributed by atoms with van der Waals surface area (Å²) >= 11 is 1.50. The Morgan fingerprint density at radius 1 is 1.00 bits per heavy atom. The normalized spacial score (nSPS) is 10.6. The lowest BCUT2D eigenvalue weighted by Gasteiger charge is -2.21. The van der Waals surface area contributed by atoms with E-state index in [2.05, 4.69) is 29.0 Å². The van der Waals surface area contributed by atoms with Crippen molar-refractivity contribution in [3.8, 4) is 11.5 Å². The molecular weight excluding hydrogens is 462 g/mol. The topological polar surface area (TPSA) is 79.8 Å². The summed E-state index contributed by atoms with van der Waals surface area (Å²) in [5.41, 5.74) is 2.18. The highest BCUT2D eigenvalue weighted by molar-refractivity contribution is 7.98. The third-order valence-electron chi connectivity index (χ3n) is 5.50. The molecule has 8 nitrogen and oxygen atoms in total. The first-order valence-electron chi connectivity index (χ1n) is 11.4. The highest BCUT2D eigenvalue weighted by Crippen LogP contribution is 2.33. The lowest BCUT2D eigenvalue weighted by molar-refractivity contribution is 0.102. The second-order valence-corrected chi connectivity index (χ2v) is 8.88. The third kappa shape index (κ3) is 6.57. The maximum Gasteiger partial charge on any atom is 0.258 e. The third-order valence-corrected chi connectivity index (χ3v) is 6.54. The van der Waals surface area contributed by atoms with Gasteiger partial charge in [-0.15, -0.1) is 11.8 Å². The number of anilines is 3. The molecule has 9 heteroatoms. The van der Waals surface area contributed by atoms with Crippen LogP contribution in [0.3, 0.4) is 0 Å². The number of methoxy groups -OCH3 is 2. The molecule has 3 aromatic rings. The Hall–Kier alpha value is -3.46. The van der Waals surface area contributed by atoms with Gasteiger partial charge in [0.15, 0.2) is 0 Å². The molecule has 0 radical (unpaired) electrons. The van der Waals surface area contributed by atoms with Crippen LogP contribution >= 0.6 is 11.8 Å². The van der Waals surface area contributed by atoms with Gasteiger partial charge in [0.2, 0.25) is 0 Å². The van der Waals surface area contributed by atoms with E-state index in [0.717, 1.165) is 41.8 Å². The number of pyridine rings is 2. The highest BCUT2D eigenvalue weighted by Gasteiger charge is 2.18. The highest BCUT2D eigenvalue weighted by atomic mass is 32.2. The van der Waals surface area contributed by atoms with Crippen molar-refractivity contribution in [2.75, 3.05) is 56.5 Å². The molecule has 1 amide bonds. The smallest absolute Gasteiger partial charge is 0.258 e. The van der Waals surface area contributed by atoms with Crippen molar-refractivity contribution in [3.63, 3.8) is 0 Å². The summed E-state index contributed by atoms with van der Waals surface area (Å²) < 4.78 is 10.9. The Morgan fingerprint density at radius 3 is 2.43 bits per heavy atom. The summed E-state index contributed by atoms with van der Waals surface area (Å²) in [5.74, 6) is 3.43. The van der Waals surface area contributed by atoms with Crippen LogP contribution in [-0.2, 0) is 5.75 Å². The van der Waals surface area contributed by atoms with Gasteiger partial charge in [0, 0.05) is 62.5 Å². The van der Waals surface area contributed by atoms with Crippen LogP contribution in [0.4, 0.5) is 17.3 Å². The average Bonchev–Trinajstić information content (AvgIpc) is 2.88.